The van der Waals surface area contributed by atoms with Crippen molar-refractivity contribution in [3.63, 3.8) is 0 Å². The van der Waals surface area contributed by atoms with Crippen molar-refractivity contribution in [2.45, 2.75) is 38.6 Å². The van der Waals surface area contributed by atoms with E-state index in [-0.39, 0.29) is 0 Å². The summed E-state index contributed by atoms with van der Waals surface area (Å²) in [5.41, 5.74) is 3.18. The highest BCUT2D eigenvalue weighted by Crippen LogP contribution is 2.45. The SMILES string of the molecule is Cc1nn(C)c2ncc(NC3CC4CCC3C4)cc12. The molecule has 100 valence electrons. The number of nitrogens with zero attached hydrogens (tertiary/aromatic N) is 3. The molecule has 1 N–H and O–H groups in total. The Hall–Kier alpha value is -1.58. The van der Waals surface area contributed by atoms with Crippen LogP contribution in [0.15, 0.2) is 12.3 Å². The topological polar surface area (TPSA) is 42.7 Å². The van der Waals surface area contributed by atoms with Crippen molar-refractivity contribution in [2.75, 3.05) is 5.32 Å². The molecule has 3 atom stereocenters. The molecule has 0 radical (unpaired) electrons. The number of hydrogen-bond donors (Lipinski definition) is 1. The largest absolute Gasteiger partial charge is 0.381 e. The Labute approximate surface area is 113 Å². The van der Waals surface area contributed by atoms with E-state index in [9.17, 15) is 0 Å². The molecule has 2 aromatic rings. The first-order valence-corrected chi connectivity index (χ1v) is 7.26. The van der Waals surface area contributed by atoms with E-state index in [1.807, 2.05) is 24.9 Å². The molecule has 4 rings (SSSR count). The third kappa shape index (κ3) is 1.73. The fourth-order valence-electron chi connectivity index (χ4n) is 4.02. The van der Waals surface area contributed by atoms with E-state index in [4.69, 9.17) is 0 Å². The highest BCUT2D eigenvalue weighted by molar-refractivity contribution is 5.81. The van der Waals surface area contributed by atoms with Crippen LogP contribution in [0.2, 0.25) is 0 Å². The molecule has 2 aliphatic rings. The maximum absolute atomic E-state index is 4.54. The van der Waals surface area contributed by atoms with Gasteiger partial charge in [0.05, 0.1) is 17.6 Å². The first kappa shape index (κ1) is 11.3. The van der Waals surface area contributed by atoms with Crippen molar-refractivity contribution in [3.05, 3.63) is 18.0 Å². The van der Waals surface area contributed by atoms with E-state index in [0.29, 0.717) is 6.04 Å². The maximum Gasteiger partial charge on any atom is 0.157 e. The van der Waals surface area contributed by atoms with Gasteiger partial charge in [-0.05, 0) is 44.1 Å². The number of aryl methyl sites for hydroxylation is 2. The van der Waals surface area contributed by atoms with E-state index >= 15 is 0 Å². The lowest BCUT2D eigenvalue weighted by Crippen LogP contribution is -2.25. The van der Waals surface area contributed by atoms with Gasteiger partial charge in [-0.25, -0.2) is 4.98 Å². The molecule has 3 unspecified atom stereocenters. The van der Waals surface area contributed by atoms with Gasteiger partial charge in [0.1, 0.15) is 0 Å². The van der Waals surface area contributed by atoms with Crippen molar-refractivity contribution < 1.29 is 0 Å². The standard InChI is InChI=1S/C15H20N4/c1-9-13-7-12(8-16-15(13)19(2)18-9)17-14-6-10-3-4-11(14)5-10/h7-8,10-11,14,17H,3-6H2,1-2H3. The van der Waals surface area contributed by atoms with E-state index < -0.39 is 0 Å². The molecule has 0 spiro atoms. The average Bonchev–Trinajstić information content (AvgIpc) is 3.06. The lowest BCUT2D eigenvalue weighted by Gasteiger charge is -2.23. The Morgan fingerprint density at radius 1 is 1.32 bits per heavy atom. The van der Waals surface area contributed by atoms with Crippen molar-refractivity contribution >= 4 is 16.7 Å². The first-order chi connectivity index (χ1) is 9.20. The summed E-state index contributed by atoms with van der Waals surface area (Å²) < 4.78 is 1.85. The summed E-state index contributed by atoms with van der Waals surface area (Å²) in [4.78, 5) is 4.54. The van der Waals surface area contributed by atoms with Crippen LogP contribution in [0.4, 0.5) is 5.69 Å². The van der Waals surface area contributed by atoms with Crippen LogP contribution >= 0.6 is 0 Å². The zero-order chi connectivity index (χ0) is 13.0. The molecule has 19 heavy (non-hydrogen) atoms. The molecule has 0 aliphatic heterocycles. The Kier molecular flexibility index (Phi) is 2.34. The van der Waals surface area contributed by atoms with Crippen LogP contribution in [0.25, 0.3) is 11.0 Å². The smallest absolute Gasteiger partial charge is 0.157 e. The molecule has 2 fully saturated rings. The van der Waals surface area contributed by atoms with E-state index in [2.05, 4.69) is 21.5 Å². The number of anilines is 1. The number of pyridine rings is 1. The number of hydrogen-bond acceptors (Lipinski definition) is 3. The molecule has 2 heterocycles. The predicted molar refractivity (Wildman–Crippen MR) is 76.1 cm³/mol. The second kappa shape index (κ2) is 3.95. The lowest BCUT2D eigenvalue weighted by atomic mass is 9.95. The maximum atomic E-state index is 4.54. The Balaban J connectivity index is 1.63. The summed E-state index contributed by atoms with van der Waals surface area (Å²) >= 11 is 0. The van der Waals surface area contributed by atoms with E-state index in [1.54, 1.807) is 0 Å². The second-order valence-electron chi connectivity index (χ2n) is 6.23. The van der Waals surface area contributed by atoms with E-state index in [0.717, 1.165) is 34.3 Å². The third-order valence-corrected chi connectivity index (χ3v) is 4.95. The van der Waals surface area contributed by atoms with Gasteiger partial charge in [0.2, 0.25) is 0 Å². The molecular weight excluding hydrogens is 236 g/mol. The number of aromatic nitrogens is 3. The van der Waals surface area contributed by atoms with Crippen LogP contribution in [0, 0.1) is 18.8 Å². The highest BCUT2D eigenvalue weighted by atomic mass is 15.3. The molecule has 2 saturated carbocycles. The summed E-state index contributed by atoms with van der Waals surface area (Å²) in [5, 5.41) is 9.29. The number of nitrogens with one attached hydrogen (secondary N) is 1. The van der Waals surface area contributed by atoms with Crippen LogP contribution < -0.4 is 5.32 Å². The third-order valence-electron chi connectivity index (χ3n) is 4.95. The zero-order valence-electron chi connectivity index (χ0n) is 11.6. The van der Waals surface area contributed by atoms with Crippen LogP contribution in [0.3, 0.4) is 0 Å². The van der Waals surface area contributed by atoms with Crippen molar-refractivity contribution in [2.24, 2.45) is 18.9 Å². The zero-order valence-corrected chi connectivity index (χ0v) is 11.6. The van der Waals surface area contributed by atoms with Crippen LogP contribution in [0.1, 0.15) is 31.4 Å². The van der Waals surface area contributed by atoms with Gasteiger partial charge in [-0.2, -0.15) is 5.10 Å². The molecule has 2 bridgehead atoms. The quantitative estimate of drug-likeness (QED) is 0.898. The average molecular weight is 256 g/mol. The van der Waals surface area contributed by atoms with Gasteiger partial charge in [0.15, 0.2) is 5.65 Å². The van der Waals surface area contributed by atoms with Gasteiger partial charge >= 0.3 is 0 Å². The van der Waals surface area contributed by atoms with E-state index in [1.165, 1.54) is 25.7 Å². The molecule has 4 nitrogen and oxygen atoms in total. The number of rotatable bonds is 2. The molecular formula is C15H20N4. The van der Waals surface area contributed by atoms with Crippen molar-refractivity contribution in [1.82, 2.24) is 14.8 Å². The second-order valence-corrected chi connectivity index (χ2v) is 6.23. The van der Waals surface area contributed by atoms with Gasteiger partial charge in [0, 0.05) is 18.5 Å². The van der Waals surface area contributed by atoms with Gasteiger partial charge in [0.25, 0.3) is 0 Å². The van der Waals surface area contributed by atoms with Gasteiger partial charge < -0.3 is 5.32 Å². The van der Waals surface area contributed by atoms with Gasteiger partial charge in [-0.1, -0.05) is 6.42 Å². The number of fused-ring (bicyclic) bond motifs is 3. The monoisotopic (exact) mass is 256 g/mol. The first-order valence-electron chi connectivity index (χ1n) is 7.26. The summed E-state index contributed by atoms with van der Waals surface area (Å²) in [6, 6.07) is 2.87. The Bertz CT molecular complexity index is 630. The van der Waals surface area contributed by atoms with Crippen LogP contribution in [-0.2, 0) is 7.05 Å². The molecule has 0 saturated heterocycles. The van der Waals surface area contributed by atoms with Crippen LogP contribution in [0.5, 0.6) is 0 Å². The van der Waals surface area contributed by atoms with Crippen molar-refractivity contribution in [1.29, 1.82) is 0 Å². The Morgan fingerprint density at radius 2 is 2.21 bits per heavy atom. The fraction of sp³-hybridized carbons (Fsp3) is 0.600. The molecule has 0 aromatic carbocycles. The summed E-state index contributed by atoms with van der Waals surface area (Å²) in [7, 11) is 1.95. The lowest BCUT2D eigenvalue weighted by molar-refractivity contribution is 0.440. The summed E-state index contributed by atoms with van der Waals surface area (Å²) in [6.07, 6.45) is 7.58. The minimum atomic E-state index is 0.662. The minimum absolute atomic E-state index is 0.662. The van der Waals surface area contributed by atoms with Gasteiger partial charge in [-0.3, -0.25) is 4.68 Å². The molecule has 4 heteroatoms. The fourth-order valence-corrected chi connectivity index (χ4v) is 4.02. The molecule has 2 aromatic heterocycles. The Morgan fingerprint density at radius 3 is 2.95 bits per heavy atom. The molecule has 2 aliphatic carbocycles. The highest BCUT2D eigenvalue weighted by Gasteiger charge is 2.39. The van der Waals surface area contributed by atoms with Crippen LogP contribution in [-0.4, -0.2) is 20.8 Å². The summed E-state index contributed by atoms with van der Waals surface area (Å²) in [5.74, 6) is 1.86. The summed E-state index contributed by atoms with van der Waals surface area (Å²) in [6.45, 7) is 2.05. The molecule has 0 amide bonds. The van der Waals surface area contributed by atoms with Crippen molar-refractivity contribution in [3.8, 4) is 0 Å². The minimum Gasteiger partial charge on any atom is -0.381 e. The van der Waals surface area contributed by atoms with Gasteiger partial charge in [-0.15, -0.1) is 0 Å². The normalized spacial score (nSPS) is 29.3. The predicted octanol–water partition coefficient (Wildman–Crippen LogP) is 2.88.